The highest BCUT2D eigenvalue weighted by atomic mass is 127. The van der Waals surface area contributed by atoms with Crippen LogP contribution in [-0.4, -0.2) is 25.3 Å². The van der Waals surface area contributed by atoms with E-state index in [0.29, 0.717) is 26.6 Å². The first-order valence-electron chi connectivity index (χ1n) is 7.88. The SMILES string of the molecule is COc1cc(/C=C2\SC(=Nc3ccc(Cl)cc3C)NC2=O)cc(I)c1OC. The van der Waals surface area contributed by atoms with Crippen molar-refractivity contribution in [2.75, 3.05) is 14.2 Å². The molecule has 5 nitrogen and oxygen atoms in total. The van der Waals surface area contributed by atoms with Gasteiger partial charge in [0.1, 0.15) is 0 Å². The second kappa shape index (κ2) is 8.53. The molecule has 1 aliphatic heterocycles. The van der Waals surface area contributed by atoms with Gasteiger partial charge in [0.2, 0.25) is 0 Å². The van der Waals surface area contributed by atoms with E-state index in [1.54, 1.807) is 26.4 Å². The molecule has 27 heavy (non-hydrogen) atoms. The van der Waals surface area contributed by atoms with Crippen molar-refractivity contribution in [3.05, 3.63) is 55.0 Å². The number of amides is 1. The number of thioether (sulfide) groups is 1. The number of carbonyl (C=O) groups excluding carboxylic acids is 1. The first-order chi connectivity index (χ1) is 12.9. The zero-order chi connectivity index (χ0) is 19.6. The molecule has 0 atom stereocenters. The number of rotatable bonds is 4. The molecular formula is C19H16ClIN2O3S. The second-order valence-electron chi connectivity index (χ2n) is 5.65. The van der Waals surface area contributed by atoms with Crippen molar-refractivity contribution in [3.8, 4) is 11.5 Å². The van der Waals surface area contributed by atoms with E-state index in [9.17, 15) is 4.79 Å². The lowest BCUT2D eigenvalue weighted by Crippen LogP contribution is -2.19. The van der Waals surface area contributed by atoms with E-state index in [1.807, 2.05) is 31.2 Å². The number of amidine groups is 1. The van der Waals surface area contributed by atoms with Gasteiger partial charge in [-0.1, -0.05) is 11.6 Å². The predicted molar refractivity (Wildman–Crippen MR) is 119 cm³/mol. The Hall–Kier alpha value is -1.71. The number of ether oxygens (including phenoxy) is 2. The van der Waals surface area contributed by atoms with Gasteiger partial charge in [-0.2, -0.15) is 0 Å². The van der Waals surface area contributed by atoms with Crippen molar-refractivity contribution < 1.29 is 14.3 Å². The van der Waals surface area contributed by atoms with Crippen molar-refractivity contribution in [3.63, 3.8) is 0 Å². The molecule has 1 saturated heterocycles. The monoisotopic (exact) mass is 514 g/mol. The summed E-state index contributed by atoms with van der Waals surface area (Å²) in [4.78, 5) is 17.4. The Labute approximate surface area is 180 Å². The van der Waals surface area contributed by atoms with Gasteiger partial charge in [-0.25, -0.2) is 4.99 Å². The van der Waals surface area contributed by atoms with Gasteiger partial charge in [-0.05, 0) is 88.8 Å². The summed E-state index contributed by atoms with van der Waals surface area (Å²) in [5, 5.41) is 3.99. The Balaban J connectivity index is 1.89. The highest BCUT2D eigenvalue weighted by Crippen LogP contribution is 2.36. The lowest BCUT2D eigenvalue weighted by Gasteiger charge is -2.10. The number of aryl methyl sites for hydroxylation is 1. The van der Waals surface area contributed by atoms with E-state index in [1.165, 1.54) is 11.8 Å². The van der Waals surface area contributed by atoms with E-state index in [4.69, 9.17) is 21.1 Å². The van der Waals surface area contributed by atoms with Crippen molar-refractivity contribution in [2.24, 2.45) is 4.99 Å². The van der Waals surface area contributed by atoms with E-state index in [2.05, 4.69) is 32.9 Å². The highest BCUT2D eigenvalue weighted by Gasteiger charge is 2.24. The van der Waals surface area contributed by atoms with Gasteiger partial charge in [0.15, 0.2) is 16.7 Å². The minimum Gasteiger partial charge on any atom is -0.493 e. The minimum absolute atomic E-state index is 0.185. The van der Waals surface area contributed by atoms with Gasteiger partial charge in [-0.15, -0.1) is 0 Å². The second-order valence-corrected chi connectivity index (χ2v) is 8.28. The molecule has 8 heteroatoms. The topological polar surface area (TPSA) is 59.9 Å². The summed E-state index contributed by atoms with van der Waals surface area (Å²) in [6.07, 6.45) is 1.81. The van der Waals surface area contributed by atoms with Crippen LogP contribution in [0.1, 0.15) is 11.1 Å². The zero-order valence-corrected chi connectivity index (χ0v) is 18.5. The molecule has 0 aliphatic carbocycles. The first kappa shape index (κ1) is 20.0. The third kappa shape index (κ3) is 4.59. The number of benzene rings is 2. The van der Waals surface area contributed by atoms with E-state index >= 15 is 0 Å². The predicted octanol–water partition coefficient (Wildman–Crippen LogP) is 5.16. The van der Waals surface area contributed by atoms with Gasteiger partial charge in [-0.3, -0.25) is 4.79 Å². The maximum atomic E-state index is 12.3. The van der Waals surface area contributed by atoms with Crippen LogP contribution >= 0.6 is 46.0 Å². The summed E-state index contributed by atoms with van der Waals surface area (Å²) in [7, 11) is 3.18. The molecule has 1 heterocycles. The summed E-state index contributed by atoms with van der Waals surface area (Å²) in [5.74, 6) is 1.10. The molecule has 3 rings (SSSR count). The molecule has 0 aromatic heterocycles. The molecule has 0 saturated carbocycles. The molecular weight excluding hydrogens is 499 g/mol. The Morgan fingerprint density at radius 1 is 1.22 bits per heavy atom. The fourth-order valence-electron chi connectivity index (χ4n) is 2.51. The van der Waals surface area contributed by atoms with Crippen molar-refractivity contribution in [1.82, 2.24) is 5.32 Å². The van der Waals surface area contributed by atoms with E-state index in [0.717, 1.165) is 20.4 Å². The molecule has 1 N–H and O–H groups in total. The first-order valence-corrected chi connectivity index (χ1v) is 10.2. The largest absolute Gasteiger partial charge is 0.493 e. The normalized spacial score (nSPS) is 16.7. The molecule has 2 aromatic rings. The Kier molecular flexibility index (Phi) is 6.33. The Morgan fingerprint density at radius 2 is 2.00 bits per heavy atom. The van der Waals surface area contributed by atoms with Crippen LogP contribution in [0.15, 0.2) is 40.2 Å². The average Bonchev–Trinajstić information content (AvgIpc) is 2.96. The van der Waals surface area contributed by atoms with Crippen molar-refractivity contribution in [1.29, 1.82) is 0 Å². The van der Waals surface area contributed by atoms with Crippen LogP contribution in [0, 0.1) is 10.5 Å². The number of aliphatic imine (C=N–C) groups is 1. The van der Waals surface area contributed by atoms with Crippen LogP contribution in [0.4, 0.5) is 5.69 Å². The molecule has 140 valence electrons. The third-order valence-electron chi connectivity index (χ3n) is 3.79. The molecule has 1 fully saturated rings. The summed E-state index contributed by atoms with van der Waals surface area (Å²) in [5.41, 5.74) is 2.56. The van der Waals surface area contributed by atoms with Crippen LogP contribution in [0.25, 0.3) is 6.08 Å². The summed E-state index contributed by atoms with van der Waals surface area (Å²) in [6.45, 7) is 1.93. The molecule has 0 bridgehead atoms. The molecule has 2 aromatic carbocycles. The fraction of sp³-hybridized carbons (Fsp3) is 0.158. The highest BCUT2D eigenvalue weighted by molar-refractivity contribution is 14.1. The lowest BCUT2D eigenvalue weighted by molar-refractivity contribution is -0.115. The van der Waals surface area contributed by atoms with Crippen molar-refractivity contribution >= 4 is 68.8 Å². The third-order valence-corrected chi connectivity index (χ3v) is 5.73. The zero-order valence-electron chi connectivity index (χ0n) is 14.8. The number of hydrogen-bond donors (Lipinski definition) is 1. The number of carbonyl (C=O) groups is 1. The van der Waals surface area contributed by atoms with Crippen LogP contribution < -0.4 is 14.8 Å². The van der Waals surface area contributed by atoms with Gasteiger partial charge >= 0.3 is 0 Å². The van der Waals surface area contributed by atoms with E-state index in [-0.39, 0.29) is 5.91 Å². The van der Waals surface area contributed by atoms with Crippen LogP contribution in [0.3, 0.4) is 0 Å². The lowest BCUT2D eigenvalue weighted by atomic mass is 10.2. The Morgan fingerprint density at radius 3 is 2.67 bits per heavy atom. The molecule has 0 radical (unpaired) electrons. The minimum atomic E-state index is -0.185. The van der Waals surface area contributed by atoms with Crippen molar-refractivity contribution in [2.45, 2.75) is 6.92 Å². The van der Waals surface area contributed by atoms with Gasteiger partial charge in [0, 0.05) is 5.02 Å². The molecule has 1 amide bonds. The van der Waals surface area contributed by atoms with Gasteiger partial charge in [0.05, 0.1) is 28.4 Å². The van der Waals surface area contributed by atoms with Gasteiger partial charge in [0.25, 0.3) is 5.91 Å². The smallest absolute Gasteiger partial charge is 0.264 e. The summed E-state index contributed by atoms with van der Waals surface area (Å²) in [6, 6.07) is 9.21. The number of halogens is 2. The molecule has 0 unspecified atom stereocenters. The fourth-order valence-corrected chi connectivity index (χ4v) is 4.41. The summed E-state index contributed by atoms with van der Waals surface area (Å²) >= 11 is 9.45. The van der Waals surface area contributed by atoms with E-state index < -0.39 is 0 Å². The van der Waals surface area contributed by atoms with Gasteiger partial charge < -0.3 is 14.8 Å². The number of hydrogen-bond acceptors (Lipinski definition) is 5. The maximum Gasteiger partial charge on any atom is 0.264 e. The van der Waals surface area contributed by atoms with Crippen LogP contribution in [0.5, 0.6) is 11.5 Å². The Bertz CT molecular complexity index is 976. The average molecular weight is 515 g/mol. The number of nitrogens with one attached hydrogen (secondary N) is 1. The standard InChI is InChI=1S/C19H16ClIN2O3S/c1-10-6-12(20)4-5-14(10)22-19-23-18(24)16(27-19)9-11-7-13(21)17(26-3)15(8-11)25-2/h4-9H,1-3H3,(H,22,23,24)/b16-9-. The summed E-state index contributed by atoms with van der Waals surface area (Å²) < 4.78 is 11.6. The number of methoxy groups -OCH3 is 2. The molecule has 0 spiro atoms. The van der Waals surface area contributed by atoms with Crippen LogP contribution in [-0.2, 0) is 4.79 Å². The molecule has 1 aliphatic rings. The quantitative estimate of drug-likeness (QED) is 0.452. The van der Waals surface area contributed by atoms with Crippen LogP contribution in [0.2, 0.25) is 5.02 Å². The number of nitrogens with zero attached hydrogens (tertiary/aromatic N) is 1. The maximum absolute atomic E-state index is 12.3.